The number of amides is 3. The van der Waals surface area contributed by atoms with Crippen LogP contribution in [0.2, 0.25) is 0 Å². The normalized spacial score (nSPS) is 20.1. The number of carbonyl (C=O) groups excluding carboxylic acids is 3. The Balaban J connectivity index is 1.49. The van der Waals surface area contributed by atoms with E-state index < -0.39 is 11.4 Å². The van der Waals surface area contributed by atoms with Crippen LogP contribution in [-0.4, -0.2) is 65.2 Å². The lowest BCUT2D eigenvalue weighted by Crippen LogP contribution is -2.63. The largest absolute Gasteiger partial charge is 0.497 e. The number of nitrogens with one attached hydrogen (secondary N) is 2. The summed E-state index contributed by atoms with van der Waals surface area (Å²) in [5.74, 6) is 0.278. The van der Waals surface area contributed by atoms with Gasteiger partial charge < -0.3 is 25.0 Å². The molecular formula is C24H31N5O5. The van der Waals surface area contributed by atoms with Gasteiger partial charge in [-0.2, -0.15) is 5.10 Å². The summed E-state index contributed by atoms with van der Waals surface area (Å²) >= 11 is 0. The van der Waals surface area contributed by atoms with Crippen molar-refractivity contribution in [3.63, 3.8) is 0 Å². The second-order valence-corrected chi connectivity index (χ2v) is 9.03. The number of methoxy groups -OCH3 is 2. The number of nitrogens with zero attached hydrogens (tertiary/aromatic N) is 3. The third-order valence-corrected chi connectivity index (χ3v) is 6.84. The van der Waals surface area contributed by atoms with Gasteiger partial charge in [0.2, 0.25) is 5.91 Å². The molecule has 2 N–H and O–H groups in total. The first-order chi connectivity index (χ1) is 16.3. The quantitative estimate of drug-likeness (QED) is 0.638. The fourth-order valence-corrected chi connectivity index (χ4v) is 4.54. The lowest BCUT2D eigenvalue weighted by molar-refractivity contribution is -0.133. The molecule has 1 aliphatic heterocycles. The molecule has 2 aliphatic rings. The van der Waals surface area contributed by atoms with E-state index in [1.54, 1.807) is 46.4 Å². The van der Waals surface area contributed by atoms with Crippen molar-refractivity contribution in [2.75, 3.05) is 21.3 Å². The van der Waals surface area contributed by atoms with Gasteiger partial charge in [0.05, 0.1) is 20.8 Å². The minimum atomic E-state index is -1.10. The Morgan fingerprint density at radius 1 is 1.18 bits per heavy atom. The molecule has 1 aliphatic carbocycles. The molecule has 1 fully saturated rings. The van der Waals surface area contributed by atoms with Crippen LogP contribution in [0.3, 0.4) is 0 Å². The van der Waals surface area contributed by atoms with E-state index in [4.69, 9.17) is 9.47 Å². The number of fused-ring (bicyclic) bond motifs is 1. The third-order valence-electron chi connectivity index (χ3n) is 6.84. The van der Waals surface area contributed by atoms with E-state index in [-0.39, 0.29) is 42.3 Å². The average Bonchev–Trinajstić information content (AvgIpc) is 3.50. The van der Waals surface area contributed by atoms with E-state index in [1.165, 1.54) is 15.6 Å². The number of likely N-dealkylation sites (N-methyl/N-ethyl adjacent to an activating group) is 1. The molecule has 34 heavy (non-hydrogen) atoms. The smallest absolute Gasteiger partial charge is 0.272 e. The highest BCUT2D eigenvalue weighted by Gasteiger charge is 2.46. The first kappa shape index (κ1) is 23.6. The van der Waals surface area contributed by atoms with Gasteiger partial charge in [-0.15, -0.1) is 0 Å². The molecule has 0 bridgehead atoms. The molecule has 1 atom stereocenters. The van der Waals surface area contributed by atoms with Crippen molar-refractivity contribution >= 4 is 17.7 Å². The molecule has 1 saturated carbocycles. The van der Waals surface area contributed by atoms with Gasteiger partial charge in [-0.3, -0.25) is 19.1 Å². The van der Waals surface area contributed by atoms with Crippen molar-refractivity contribution in [1.29, 1.82) is 0 Å². The Hall–Kier alpha value is -3.56. The Kier molecular flexibility index (Phi) is 6.49. The van der Waals surface area contributed by atoms with Gasteiger partial charge in [0.1, 0.15) is 22.7 Å². The number of hydrogen-bond donors (Lipinski definition) is 2. The van der Waals surface area contributed by atoms with Crippen LogP contribution in [0, 0.1) is 0 Å². The average molecular weight is 470 g/mol. The molecule has 3 amide bonds. The van der Waals surface area contributed by atoms with Crippen molar-refractivity contribution in [3.8, 4) is 11.5 Å². The maximum Gasteiger partial charge on any atom is 0.272 e. The zero-order valence-electron chi connectivity index (χ0n) is 20.0. The van der Waals surface area contributed by atoms with Gasteiger partial charge in [-0.25, -0.2) is 0 Å². The number of hydrogen-bond acceptors (Lipinski definition) is 6. The van der Waals surface area contributed by atoms with Crippen LogP contribution in [0.4, 0.5) is 0 Å². The van der Waals surface area contributed by atoms with Gasteiger partial charge in [0.15, 0.2) is 5.69 Å². The minimum absolute atomic E-state index is 0.110. The monoisotopic (exact) mass is 469 g/mol. The topological polar surface area (TPSA) is 115 Å². The summed E-state index contributed by atoms with van der Waals surface area (Å²) in [6.07, 6.45) is 4.10. The van der Waals surface area contributed by atoms with Crippen molar-refractivity contribution < 1.29 is 23.9 Å². The number of ether oxygens (including phenoxy) is 2. The van der Waals surface area contributed by atoms with E-state index in [2.05, 4.69) is 15.7 Å². The second kappa shape index (κ2) is 9.36. The molecule has 2 aromatic rings. The maximum atomic E-state index is 13.1. The number of rotatable bonds is 7. The van der Waals surface area contributed by atoms with E-state index >= 15 is 0 Å². The molecule has 10 nitrogen and oxygen atoms in total. The Bertz CT molecular complexity index is 1110. The summed E-state index contributed by atoms with van der Waals surface area (Å²) in [5.41, 5.74) is 0.0309. The van der Waals surface area contributed by atoms with Crippen molar-refractivity contribution in [2.24, 2.45) is 0 Å². The van der Waals surface area contributed by atoms with Crippen LogP contribution < -0.4 is 20.1 Å². The van der Waals surface area contributed by atoms with E-state index in [0.717, 1.165) is 31.2 Å². The summed E-state index contributed by atoms with van der Waals surface area (Å²) in [4.78, 5) is 40.5. The fraction of sp³-hybridized carbons (Fsp3) is 0.500. The van der Waals surface area contributed by atoms with Crippen LogP contribution in [0.5, 0.6) is 11.5 Å². The van der Waals surface area contributed by atoms with Gasteiger partial charge in [-0.05, 0) is 38.0 Å². The van der Waals surface area contributed by atoms with Crippen molar-refractivity contribution in [1.82, 2.24) is 25.3 Å². The highest BCUT2D eigenvalue weighted by atomic mass is 16.5. The van der Waals surface area contributed by atoms with E-state index in [1.807, 2.05) is 0 Å². The van der Waals surface area contributed by atoms with Crippen molar-refractivity contribution in [2.45, 2.75) is 57.3 Å². The molecule has 1 unspecified atom stereocenters. The first-order valence-corrected chi connectivity index (χ1v) is 11.4. The van der Waals surface area contributed by atoms with E-state index in [9.17, 15) is 14.4 Å². The summed E-state index contributed by atoms with van der Waals surface area (Å²) in [6.45, 7) is 2.09. The zero-order chi connectivity index (χ0) is 24.5. The highest BCUT2D eigenvalue weighted by molar-refractivity contribution is 6.01. The Labute approximate surface area is 198 Å². The van der Waals surface area contributed by atoms with Gasteiger partial charge >= 0.3 is 0 Å². The van der Waals surface area contributed by atoms with Gasteiger partial charge in [0.25, 0.3) is 11.8 Å². The molecular weight excluding hydrogens is 438 g/mol. The standard InChI is InChI=1S/C24H31N5O5/c1-24(23(32)26-16-7-5-6-8-16)14-29-19(22(31)28(24)2)12-18(27-29)21(30)25-13-15-11-17(33-3)9-10-20(15)34-4/h9-12,16H,5-8,13-14H2,1-4H3,(H,25,30)(H,26,32). The van der Waals surface area contributed by atoms with Crippen LogP contribution in [0.1, 0.15) is 59.1 Å². The molecule has 1 aromatic heterocycles. The van der Waals surface area contributed by atoms with Crippen LogP contribution in [0.25, 0.3) is 0 Å². The highest BCUT2D eigenvalue weighted by Crippen LogP contribution is 2.28. The summed E-state index contributed by atoms with van der Waals surface area (Å²) < 4.78 is 12.1. The molecule has 10 heteroatoms. The number of carbonyl (C=O) groups is 3. The van der Waals surface area contributed by atoms with Crippen molar-refractivity contribution in [3.05, 3.63) is 41.2 Å². The second-order valence-electron chi connectivity index (χ2n) is 9.03. The van der Waals surface area contributed by atoms with Gasteiger partial charge in [0, 0.05) is 31.3 Å². The molecule has 2 heterocycles. The summed E-state index contributed by atoms with van der Waals surface area (Å²) in [6, 6.07) is 6.93. The predicted octanol–water partition coefficient (Wildman–Crippen LogP) is 1.73. The molecule has 1 aromatic carbocycles. The number of benzene rings is 1. The lowest BCUT2D eigenvalue weighted by atomic mass is 9.95. The Morgan fingerprint density at radius 2 is 1.91 bits per heavy atom. The molecule has 0 saturated heterocycles. The van der Waals surface area contributed by atoms with Crippen LogP contribution in [0.15, 0.2) is 24.3 Å². The summed E-state index contributed by atoms with van der Waals surface area (Å²) in [5, 5.41) is 10.3. The SMILES string of the molecule is COc1ccc(OC)c(CNC(=O)c2cc3n(n2)CC(C)(C(=O)NC2CCCC2)N(C)C3=O)c1. The molecule has 0 radical (unpaired) electrons. The molecule has 0 spiro atoms. The molecule has 4 rings (SSSR count). The third kappa shape index (κ3) is 4.32. The van der Waals surface area contributed by atoms with E-state index in [0.29, 0.717) is 11.5 Å². The summed E-state index contributed by atoms with van der Waals surface area (Å²) in [7, 11) is 4.73. The van der Waals surface area contributed by atoms with Crippen LogP contribution in [-0.2, 0) is 17.9 Å². The Morgan fingerprint density at radius 3 is 2.59 bits per heavy atom. The maximum absolute atomic E-state index is 13.1. The zero-order valence-corrected chi connectivity index (χ0v) is 20.0. The minimum Gasteiger partial charge on any atom is -0.497 e. The fourth-order valence-electron chi connectivity index (χ4n) is 4.54. The first-order valence-electron chi connectivity index (χ1n) is 11.4. The van der Waals surface area contributed by atoms with Crippen LogP contribution >= 0.6 is 0 Å². The molecule has 182 valence electrons. The van der Waals surface area contributed by atoms with Gasteiger partial charge in [-0.1, -0.05) is 12.8 Å². The predicted molar refractivity (Wildman–Crippen MR) is 124 cm³/mol. The number of aromatic nitrogens is 2. The lowest BCUT2D eigenvalue weighted by Gasteiger charge is -2.41.